The molecule has 27 heavy (non-hydrogen) atoms. The van der Waals surface area contributed by atoms with E-state index in [4.69, 9.17) is 4.74 Å². The van der Waals surface area contributed by atoms with Gasteiger partial charge in [-0.3, -0.25) is 0 Å². The Kier molecular flexibility index (Phi) is 3.84. The quantitative estimate of drug-likeness (QED) is 0.706. The Balaban J connectivity index is 1.54. The van der Waals surface area contributed by atoms with Crippen LogP contribution in [-0.4, -0.2) is 46.8 Å². The molecule has 5 rings (SSSR count). The number of hydrogen-bond acceptors (Lipinski definition) is 4. The Morgan fingerprint density at radius 1 is 1.07 bits per heavy atom. The molecule has 3 N–H and O–H groups in total. The maximum absolute atomic E-state index is 11.7. The summed E-state index contributed by atoms with van der Waals surface area (Å²) >= 11 is 0. The van der Waals surface area contributed by atoms with Crippen LogP contribution in [0.1, 0.15) is 65.7 Å². The van der Waals surface area contributed by atoms with E-state index in [1.54, 1.807) is 0 Å². The molecule has 0 amide bonds. The molecule has 5 fully saturated rings. The van der Waals surface area contributed by atoms with Crippen LogP contribution >= 0.6 is 0 Å². The van der Waals surface area contributed by atoms with Gasteiger partial charge in [0.05, 0.1) is 12.2 Å². The molecule has 0 aliphatic heterocycles. The molecule has 1 spiro atoms. The van der Waals surface area contributed by atoms with Crippen molar-refractivity contribution in [1.82, 2.24) is 0 Å². The maximum atomic E-state index is 11.7. The Morgan fingerprint density at radius 3 is 2.41 bits per heavy atom. The van der Waals surface area contributed by atoms with E-state index in [1.807, 2.05) is 14.0 Å². The highest BCUT2D eigenvalue weighted by atomic mass is 16.5. The van der Waals surface area contributed by atoms with Gasteiger partial charge in [0.25, 0.3) is 0 Å². The molecule has 5 saturated carbocycles. The molecule has 0 aromatic heterocycles. The molecule has 154 valence electrons. The summed E-state index contributed by atoms with van der Waals surface area (Å²) in [6, 6.07) is 0. The van der Waals surface area contributed by atoms with Crippen LogP contribution < -0.4 is 0 Å². The van der Waals surface area contributed by atoms with Crippen molar-refractivity contribution in [3.63, 3.8) is 0 Å². The van der Waals surface area contributed by atoms with Crippen LogP contribution in [0.25, 0.3) is 0 Å². The van der Waals surface area contributed by atoms with Gasteiger partial charge in [0.1, 0.15) is 5.60 Å². The van der Waals surface area contributed by atoms with Crippen molar-refractivity contribution in [2.24, 2.45) is 45.8 Å². The smallest absolute Gasteiger partial charge is 0.101 e. The summed E-state index contributed by atoms with van der Waals surface area (Å²) in [6.07, 6.45) is 7.48. The van der Waals surface area contributed by atoms with Gasteiger partial charge in [-0.05, 0) is 74.0 Å². The SMILES string of the molecule is CO[C@@H]1C[C@H]2[C@@H]3C[C@H](O)[C@](O)([C@@H](C)CO)[C@@]3(C)CC[C@@H]2[C@@]2(C)CC[C@@H]3C[C@]312. The van der Waals surface area contributed by atoms with Crippen LogP contribution in [0.5, 0.6) is 0 Å². The lowest BCUT2D eigenvalue weighted by Crippen LogP contribution is -2.61. The monoisotopic (exact) mass is 378 g/mol. The third-order valence-corrected chi connectivity index (χ3v) is 11.1. The van der Waals surface area contributed by atoms with Crippen molar-refractivity contribution >= 4 is 0 Å². The van der Waals surface area contributed by atoms with Gasteiger partial charge < -0.3 is 20.1 Å². The first kappa shape index (κ1) is 18.8. The predicted molar refractivity (Wildman–Crippen MR) is 103 cm³/mol. The highest BCUT2D eigenvalue weighted by molar-refractivity contribution is 5.27. The second-order valence-electron chi connectivity index (χ2n) is 11.4. The number of fused-ring (bicyclic) bond motifs is 4. The van der Waals surface area contributed by atoms with Gasteiger partial charge in [-0.2, -0.15) is 0 Å². The summed E-state index contributed by atoms with van der Waals surface area (Å²) in [5.41, 5.74) is -0.746. The van der Waals surface area contributed by atoms with E-state index < -0.39 is 11.7 Å². The fourth-order valence-corrected chi connectivity index (χ4v) is 9.66. The summed E-state index contributed by atoms with van der Waals surface area (Å²) in [6.45, 7) is 6.55. The largest absolute Gasteiger partial charge is 0.396 e. The van der Waals surface area contributed by atoms with Gasteiger partial charge >= 0.3 is 0 Å². The van der Waals surface area contributed by atoms with Gasteiger partial charge in [-0.1, -0.05) is 20.8 Å². The minimum atomic E-state index is -1.19. The van der Waals surface area contributed by atoms with Crippen molar-refractivity contribution in [3.05, 3.63) is 0 Å². The summed E-state index contributed by atoms with van der Waals surface area (Å²) in [5.74, 6) is 2.07. The molecule has 4 nitrogen and oxygen atoms in total. The van der Waals surface area contributed by atoms with Gasteiger partial charge in [-0.15, -0.1) is 0 Å². The van der Waals surface area contributed by atoms with Gasteiger partial charge in [0.15, 0.2) is 0 Å². The minimum Gasteiger partial charge on any atom is -0.396 e. The van der Waals surface area contributed by atoms with E-state index in [9.17, 15) is 15.3 Å². The molecular formula is C23H38O4. The van der Waals surface area contributed by atoms with Crippen LogP contribution in [0, 0.1) is 45.8 Å². The van der Waals surface area contributed by atoms with E-state index in [-0.39, 0.29) is 17.9 Å². The average molecular weight is 379 g/mol. The fraction of sp³-hybridized carbons (Fsp3) is 1.00. The standard InChI is InChI=1S/C23H38O4/c1-13(12-24)23(26)18(25)10-17-15-9-19(27-4)22-11-14(22)5-7-20(22,2)16(15)6-8-21(17,23)3/h13-19,24-26H,5-12H2,1-4H3/t13-,14+,15+,16-,17-,18-,19+,20+,21-,22-,23+/m0/s1. The van der Waals surface area contributed by atoms with Crippen LogP contribution in [0.4, 0.5) is 0 Å². The molecule has 11 atom stereocenters. The van der Waals surface area contributed by atoms with Crippen LogP contribution in [-0.2, 0) is 4.74 Å². The molecule has 0 bridgehead atoms. The Labute approximate surface area is 163 Å². The lowest BCUT2D eigenvalue weighted by molar-refractivity contribution is -0.206. The van der Waals surface area contributed by atoms with Crippen LogP contribution in [0.2, 0.25) is 0 Å². The topological polar surface area (TPSA) is 69.9 Å². The van der Waals surface area contributed by atoms with Crippen molar-refractivity contribution in [1.29, 1.82) is 0 Å². The Bertz CT molecular complexity index is 638. The number of aliphatic hydroxyl groups is 3. The van der Waals surface area contributed by atoms with E-state index in [2.05, 4.69) is 13.8 Å². The first-order valence-corrected chi connectivity index (χ1v) is 11.2. The van der Waals surface area contributed by atoms with Crippen molar-refractivity contribution < 1.29 is 20.1 Å². The number of aliphatic hydroxyl groups excluding tert-OH is 2. The lowest BCUT2D eigenvalue weighted by Gasteiger charge is -2.61. The maximum Gasteiger partial charge on any atom is 0.101 e. The van der Waals surface area contributed by atoms with Crippen molar-refractivity contribution in [2.45, 2.75) is 83.5 Å². The molecule has 0 aromatic carbocycles. The summed E-state index contributed by atoms with van der Waals surface area (Å²) < 4.78 is 6.13. The zero-order valence-electron chi connectivity index (χ0n) is 17.4. The second-order valence-corrected chi connectivity index (χ2v) is 11.4. The third kappa shape index (κ3) is 1.86. The number of hydrogen-bond donors (Lipinski definition) is 3. The minimum absolute atomic E-state index is 0.0762. The highest BCUT2D eigenvalue weighted by Crippen LogP contribution is 2.82. The average Bonchev–Trinajstić information content (AvgIpc) is 3.25. The summed E-state index contributed by atoms with van der Waals surface area (Å²) in [7, 11) is 1.89. The van der Waals surface area contributed by atoms with Crippen LogP contribution in [0.3, 0.4) is 0 Å². The highest BCUT2D eigenvalue weighted by Gasteiger charge is 2.78. The van der Waals surface area contributed by atoms with E-state index in [1.165, 1.54) is 19.3 Å². The molecule has 5 aliphatic rings. The molecule has 0 saturated heterocycles. The zero-order valence-corrected chi connectivity index (χ0v) is 17.4. The molecule has 0 radical (unpaired) electrons. The fourth-order valence-electron chi connectivity index (χ4n) is 9.66. The Morgan fingerprint density at radius 2 is 1.78 bits per heavy atom. The number of methoxy groups -OCH3 is 1. The summed E-state index contributed by atoms with van der Waals surface area (Å²) in [4.78, 5) is 0. The molecule has 4 heteroatoms. The normalized spacial score (nSPS) is 62.3. The van der Waals surface area contributed by atoms with E-state index in [0.29, 0.717) is 41.1 Å². The molecule has 0 heterocycles. The lowest BCUT2D eigenvalue weighted by atomic mass is 9.44. The van der Waals surface area contributed by atoms with Crippen LogP contribution in [0.15, 0.2) is 0 Å². The van der Waals surface area contributed by atoms with Crippen molar-refractivity contribution in [2.75, 3.05) is 13.7 Å². The first-order valence-electron chi connectivity index (χ1n) is 11.2. The van der Waals surface area contributed by atoms with E-state index in [0.717, 1.165) is 25.2 Å². The predicted octanol–water partition coefficient (Wildman–Crippen LogP) is 2.98. The Hall–Kier alpha value is -0.160. The molecule has 0 unspecified atom stereocenters. The zero-order chi connectivity index (χ0) is 19.4. The summed E-state index contributed by atoms with van der Waals surface area (Å²) in [5, 5.41) is 32.5. The molecule has 5 aliphatic carbocycles. The second kappa shape index (κ2) is 5.50. The molecule has 0 aromatic rings. The number of ether oxygens (including phenoxy) is 1. The van der Waals surface area contributed by atoms with Gasteiger partial charge in [0, 0.05) is 30.5 Å². The van der Waals surface area contributed by atoms with Crippen molar-refractivity contribution in [3.8, 4) is 0 Å². The first-order chi connectivity index (χ1) is 12.7. The third-order valence-electron chi connectivity index (χ3n) is 11.1. The van der Waals surface area contributed by atoms with Gasteiger partial charge in [-0.25, -0.2) is 0 Å². The van der Waals surface area contributed by atoms with Gasteiger partial charge in [0.2, 0.25) is 0 Å². The number of rotatable bonds is 3. The van der Waals surface area contributed by atoms with E-state index >= 15 is 0 Å². The molecular weight excluding hydrogens is 340 g/mol.